The van der Waals surface area contributed by atoms with Crippen LogP contribution in [0.25, 0.3) is 0 Å². The van der Waals surface area contributed by atoms with Gasteiger partial charge in [0.2, 0.25) is 0 Å². The highest BCUT2D eigenvalue weighted by atomic mass is 16.4. The molecule has 0 bridgehead atoms. The van der Waals surface area contributed by atoms with Crippen LogP contribution in [0.15, 0.2) is 60.7 Å². The molecule has 0 amide bonds. The summed E-state index contributed by atoms with van der Waals surface area (Å²) in [5.41, 5.74) is 1.41. The maximum atomic E-state index is 10.3. The van der Waals surface area contributed by atoms with E-state index >= 15 is 0 Å². The molecule has 0 heterocycles. The minimum atomic E-state index is -0.875. The second-order valence-corrected chi connectivity index (χ2v) is 3.33. The molecule has 0 unspecified atom stereocenters. The van der Waals surface area contributed by atoms with E-state index in [4.69, 9.17) is 5.11 Å². The summed E-state index contributed by atoms with van der Waals surface area (Å²) in [4.78, 5) is 10.3. The van der Waals surface area contributed by atoms with Crippen LogP contribution in [0.5, 0.6) is 0 Å². The smallest absolute Gasteiger partial charge is 0.335 e. The minimum absolute atomic E-state index is 0.339. The Kier molecular flexibility index (Phi) is 4.80. The molecule has 0 aliphatic heterocycles. The number of benzene rings is 2. The third-order valence-corrected chi connectivity index (χ3v) is 1.97. The van der Waals surface area contributed by atoms with Gasteiger partial charge < -0.3 is 5.11 Å². The van der Waals surface area contributed by atoms with E-state index in [1.165, 1.54) is 0 Å². The molecule has 0 aromatic heterocycles. The Labute approximate surface area is 95.2 Å². The maximum Gasteiger partial charge on any atom is 0.335 e. The number of aryl methyl sites for hydroxylation is 1. The normalized spacial score (nSPS) is 8.81. The van der Waals surface area contributed by atoms with Gasteiger partial charge in [-0.25, -0.2) is 4.79 Å². The van der Waals surface area contributed by atoms with Crippen molar-refractivity contribution < 1.29 is 9.90 Å². The highest BCUT2D eigenvalue weighted by Crippen LogP contribution is 2.01. The highest BCUT2D eigenvalue weighted by molar-refractivity contribution is 5.87. The monoisotopic (exact) mass is 214 g/mol. The number of hydrogen-bond acceptors (Lipinski definition) is 1. The molecule has 1 N–H and O–H groups in total. The Morgan fingerprint density at radius 2 is 1.25 bits per heavy atom. The van der Waals surface area contributed by atoms with Crippen molar-refractivity contribution in [2.45, 2.75) is 6.92 Å². The van der Waals surface area contributed by atoms with E-state index in [2.05, 4.69) is 0 Å². The molecular weight excluding hydrogens is 200 g/mol. The zero-order valence-electron chi connectivity index (χ0n) is 9.13. The summed E-state index contributed by atoms with van der Waals surface area (Å²) < 4.78 is 0. The number of carboxylic acids is 1. The molecule has 2 aromatic rings. The first kappa shape index (κ1) is 12.0. The molecule has 0 atom stereocenters. The van der Waals surface area contributed by atoms with Gasteiger partial charge >= 0.3 is 5.97 Å². The van der Waals surface area contributed by atoms with Gasteiger partial charge in [-0.3, -0.25) is 0 Å². The fourth-order valence-electron chi connectivity index (χ4n) is 1.08. The van der Waals surface area contributed by atoms with Gasteiger partial charge in [-0.05, 0) is 19.1 Å². The Hall–Kier alpha value is -2.09. The summed E-state index contributed by atoms with van der Waals surface area (Å²) in [5.74, 6) is -0.875. The molecule has 0 aliphatic carbocycles. The lowest BCUT2D eigenvalue weighted by Gasteiger charge is -1.92. The van der Waals surface area contributed by atoms with Gasteiger partial charge in [0.05, 0.1) is 5.56 Å². The molecule has 2 rings (SSSR count). The molecule has 0 aliphatic rings. The number of carboxylic acid groups (broad SMARTS) is 1. The second kappa shape index (κ2) is 6.40. The quantitative estimate of drug-likeness (QED) is 0.790. The minimum Gasteiger partial charge on any atom is -0.478 e. The lowest BCUT2D eigenvalue weighted by atomic mass is 10.2. The van der Waals surface area contributed by atoms with Crippen LogP contribution in [0, 0.1) is 6.92 Å². The predicted octanol–water partition coefficient (Wildman–Crippen LogP) is 3.38. The molecule has 0 fully saturated rings. The molecule has 0 saturated carbocycles. The van der Waals surface area contributed by atoms with Crippen LogP contribution >= 0.6 is 0 Å². The largest absolute Gasteiger partial charge is 0.478 e. The molecule has 2 aromatic carbocycles. The van der Waals surface area contributed by atoms with Gasteiger partial charge in [0.15, 0.2) is 0 Å². The third-order valence-electron chi connectivity index (χ3n) is 1.97. The van der Waals surface area contributed by atoms with Crippen molar-refractivity contribution in [3.63, 3.8) is 0 Å². The Balaban J connectivity index is 0.000000181. The summed E-state index contributed by atoms with van der Waals surface area (Å²) in [6.07, 6.45) is 0. The first-order valence-electron chi connectivity index (χ1n) is 5.00. The van der Waals surface area contributed by atoms with Gasteiger partial charge in [0, 0.05) is 0 Å². The van der Waals surface area contributed by atoms with Crippen LogP contribution in [0.1, 0.15) is 15.9 Å². The zero-order valence-corrected chi connectivity index (χ0v) is 9.13. The SMILES string of the molecule is Cc1ccc(C(=O)O)cc1.c1ccccc1. The van der Waals surface area contributed by atoms with Crippen molar-refractivity contribution in [2.75, 3.05) is 0 Å². The van der Waals surface area contributed by atoms with Gasteiger partial charge in [-0.15, -0.1) is 0 Å². The topological polar surface area (TPSA) is 37.3 Å². The van der Waals surface area contributed by atoms with Gasteiger partial charge in [-0.1, -0.05) is 54.1 Å². The van der Waals surface area contributed by atoms with E-state index in [0.717, 1.165) is 5.56 Å². The predicted molar refractivity (Wildman–Crippen MR) is 64.6 cm³/mol. The van der Waals surface area contributed by atoms with Crippen molar-refractivity contribution in [3.05, 3.63) is 71.8 Å². The van der Waals surface area contributed by atoms with Crippen LogP contribution in [0.4, 0.5) is 0 Å². The maximum absolute atomic E-state index is 10.3. The van der Waals surface area contributed by atoms with E-state index in [9.17, 15) is 4.79 Å². The standard InChI is InChI=1S/C8H8O2.C6H6/c1-6-2-4-7(5-3-6)8(9)10;1-2-4-6-5-3-1/h2-5H,1H3,(H,9,10);1-6H. The van der Waals surface area contributed by atoms with Crippen LogP contribution in [-0.4, -0.2) is 11.1 Å². The fraction of sp³-hybridized carbons (Fsp3) is 0.0714. The average Bonchev–Trinajstić information content (AvgIpc) is 2.32. The van der Waals surface area contributed by atoms with Crippen LogP contribution in [0.3, 0.4) is 0 Å². The molecule has 2 heteroatoms. The Bertz CT molecular complexity index is 392. The highest BCUT2D eigenvalue weighted by Gasteiger charge is 1.98. The van der Waals surface area contributed by atoms with Crippen LogP contribution < -0.4 is 0 Å². The molecule has 82 valence electrons. The van der Waals surface area contributed by atoms with Gasteiger partial charge in [0.1, 0.15) is 0 Å². The number of carbonyl (C=O) groups is 1. The van der Waals surface area contributed by atoms with Gasteiger partial charge in [0.25, 0.3) is 0 Å². The first-order chi connectivity index (χ1) is 7.70. The molecular formula is C14H14O2. The molecule has 16 heavy (non-hydrogen) atoms. The average molecular weight is 214 g/mol. The van der Waals surface area contributed by atoms with E-state index in [1.54, 1.807) is 24.3 Å². The molecule has 2 nitrogen and oxygen atoms in total. The van der Waals surface area contributed by atoms with Crippen molar-refractivity contribution in [1.82, 2.24) is 0 Å². The number of rotatable bonds is 1. The number of aromatic carboxylic acids is 1. The Morgan fingerprint density at radius 1 is 0.875 bits per heavy atom. The van der Waals surface area contributed by atoms with Crippen LogP contribution in [0.2, 0.25) is 0 Å². The van der Waals surface area contributed by atoms with E-state index < -0.39 is 5.97 Å². The van der Waals surface area contributed by atoms with E-state index in [-0.39, 0.29) is 0 Å². The zero-order chi connectivity index (χ0) is 11.8. The van der Waals surface area contributed by atoms with Gasteiger partial charge in [-0.2, -0.15) is 0 Å². The van der Waals surface area contributed by atoms with Crippen molar-refractivity contribution in [3.8, 4) is 0 Å². The summed E-state index contributed by atoms with van der Waals surface area (Å²) in [7, 11) is 0. The number of hydrogen-bond donors (Lipinski definition) is 1. The lowest BCUT2D eigenvalue weighted by molar-refractivity contribution is 0.0697. The Morgan fingerprint density at radius 3 is 1.56 bits per heavy atom. The fourth-order valence-corrected chi connectivity index (χ4v) is 1.08. The van der Waals surface area contributed by atoms with Crippen LogP contribution in [-0.2, 0) is 0 Å². The summed E-state index contributed by atoms with van der Waals surface area (Å²) in [6, 6.07) is 18.8. The van der Waals surface area contributed by atoms with Crippen molar-refractivity contribution in [1.29, 1.82) is 0 Å². The third kappa shape index (κ3) is 4.42. The van der Waals surface area contributed by atoms with E-state index in [0.29, 0.717) is 5.56 Å². The second-order valence-electron chi connectivity index (χ2n) is 3.33. The lowest BCUT2D eigenvalue weighted by Crippen LogP contribution is -1.94. The van der Waals surface area contributed by atoms with E-state index in [1.807, 2.05) is 43.3 Å². The molecule has 0 radical (unpaired) electrons. The molecule has 0 saturated heterocycles. The van der Waals surface area contributed by atoms with Crippen molar-refractivity contribution >= 4 is 5.97 Å². The molecule has 0 spiro atoms. The summed E-state index contributed by atoms with van der Waals surface area (Å²) >= 11 is 0. The summed E-state index contributed by atoms with van der Waals surface area (Å²) in [5, 5.41) is 8.48. The summed E-state index contributed by atoms with van der Waals surface area (Å²) in [6.45, 7) is 1.92. The first-order valence-corrected chi connectivity index (χ1v) is 5.00. The van der Waals surface area contributed by atoms with Crippen molar-refractivity contribution in [2.24, 2.45) is 0 Å².